The van der Waals surface area contributed by atoms with Crippen LogP contribution >= 0.6 is 22.6 Å². The normalized spacial score (nSPS) is 10.4. The number of benzene rings is 2. The third-order valence-electron chi connectivity index (χ3n) is 3.11. The molecule has 2 rings (SSSR count). The molecule has 0 unspecified atom stereocenters. The van der Waals surface area contributed by atoms with Gasteiger partial charge in [-0.3, -0.25) is 0 Å². The van der Waals surface area contributed by atoms with Gasteiger partial charge in [0.15, 0.2) is 11.5 Å². The third kappa shape index (κ3) is 4.59. The van der Waals surface area contributed by atoms with Crippen LogP contribution in [-0.2, 0) is 13.2 Å². The van der Waals surface area contributed by atoms with Gasteiger partial charge in [-0.15, -0.1) is 0 Å². The van der Waals surface area contributed by atoms with Crippen LogP contribution < -0.4 is 9.47 Å². The predicted octanol–water partition coefficient (Wildman–Crippen LogP) is 3.46. The van der Waals surface area contributed by atoms with Crippen molar-refractivity contribution < 1.29 is 24.5 Å². The smallest absolute Gasteiger partial charge is 0.335 e. The molecular weight excluding hydrogens is 411 g/mol. The van der Waals surface area contributed by atoms with Crippen molar-refractivity contribution in [3.05, 3.63) is 56.7 Å². The molecule has 0 aliphatic carbocycles. The zero-order valence-corrected chi connectivity index (χ0v) is 14.7. The minimum atomic E-state index is -0.969. The number of carbonyl (C=O) groups is 1. The first-order valence-electron chi connectivity index (χ1n) is 7.06. The van der Waals surface area contributed by atoms with Gasteiger partial charge in [-0.25, -0.2) is 4.79 Å². The molecule has 0 bridgehead atoms. The Morgan fingerprint density at radius 1 is 1.17 bits per heavy atom. The van der Waals surface area contributed by atoms with Crippen molar-refractivity contribution in [3.63, 3.8) is 0 Å². The SMILES string of the molecule is CCOc1cc(CO)cc(I)c1OCc1cccc(C(=O)O)c1. The average Bonchev–Trinajstić information content (AvgIpc) is 2.54. The van der Waals surface area contributed by atoms with E-state index in [-0.39, 0.29) is 18.8 Å². The van der Waals surface area contributed by atoms with Gasteiger partial charge in [0.25, 0.3) is 0 Å². The summed E-state index contributed by atoms with van der Waals surface area (Å²) >= 11 is 2.12. The van der Waals surface area contributed by atoms with E-state index in [0.717, 1.165) is 14.7 Å². The largest absolute Gasteiger partial charge is 0.490 e. The molecule has 6 heteroatoms. The second-order valence-electron chi connectivity index (χ2n) is 4.79. The molecule has 0 amide bonds. The van der Waals surface area contributed by atoms with Crippen molar-refractivity contribution in [2.24, 2.45) is 0 Å². The van der Waals surface area contributed by atoms with E-state index in [0.29, 0.717) is 18.1 Å². The number of rotatable bonds is 7. The summed E-state index contributed by atoms with van der Waals surface area (Å²) in [5, 5.41) is 18.3. The van der Waals surface area contributed by atoms with Gasteiger partial charge < -0.3 is 19.7 Å². The molecule has 2 aromatic carbocycles. The second-order valence-corrected chi connectivity index (χ2v) is 5.95. The van der Waals surface area contributed by atoms with Crippen LogP contribution in [-0.4, -0.2) is 22.8 Å². The minimum absolute atomic E-state index is 0.0724. The number of aliphatic hydroxyl groups is 1. The highest BCUT2D eigenvalue weighted by Gasteiger charge is 2.13. The quantitative estimate of drug-likeness (QED) is 0.661. The maximum Gasteiger partial charge on any atom is 0.335 e. The number of aromatic carboxylic acids is 1. The lowest BCUT2D eigenvalue weighted by Gasteiger charge is -2.15. The lowest BCUT2D eigenvalue weighted by molar-refractivity contribution is 0.0696. The highest BCUT2D eigenvalue weighted by Crippen LogP contribution is 2.35. The van der Waals surface area contributed by atoms with Crippen LogP contribution in [0.5, 0.6) is 11.5 Å². The van der Waals surface area contributed by atoms with Crippen molar-refractivity contribution in [2.45, 2.75) is 20.1 Å². The number of hydrogen-bond acceptors (Lipinski definition) is 4. The predicted molar refractivity (Wildman–Crippen MR) is 94.0 cm³/mol. The number of carboxylic acids is 1. The molecule has 0 aromatic heterocycles. The highest BCUT2D eigenvalue weighted by molar-refractivity contribution is 14.1. The molecule has 0 radical (unpaired) electrons. The van der Waals surface area contributed by atoms with Crippen LogP contribution in [0.2, 0.25) is 0 Å². The van der Waals surface area contributed by atoms with Crippen LogP contribution in [0.4, 0.5) is 0 Å². The summed E-state index contributed by atoms with van der Waals surface area (Å²) in [6.45, 7) is 2.51. The topological polar surface area (TPSA) is 76.0 Å². The van der Waals surface area contributed by atoms with Crippen LogP contribution in [0.1, 0.15) is 28.4 Å². The first-order valence-corrected chi connectivity index (χ1v) is 8.14. The number of ether oxygens (including phenoxy) is 2. The number of halogens is 1. The van der Waals surface area contributed by atoms with Crippen molar-refractivity contribution in [3.8, 4) is 11.5 Å². The average molecular weight is 428 g/mol. The van der Waals surface area contributed by atoms with Gasteiger partial charge in [-0.1, -0.05) is 12.1 Å². The number of aliphatic hydroxyl groups excluding tert-OH is 1. The van der Waals surface area contributed by atoms with Gasteiger partial charge in [0.05, 0.1) is 22.3 Å². The first-order chi connectivity index (χ1) is 11.0. The summed E-state index contributed by atoms with van der Waals surface area (Å²) in [6.07, 6.45) is 0. The van der Waals surface area contributed by atoms with Crippen molar-refractivity contribution in [2.75, 3.05) is 6.61 Å². The van der Waals surface area contributed by atoms with Crippen LogP contribution in [0.15, 0.2) is 36.4 Å². The summed E-state index contributed by atoms with van der Waals surface area (Å²) in [6, 6.07) is 10.2. The lowest BCUT2D eigenvalue weighted by atomic mass is 10.1. The van der Waals surface area contributed by atoms with E-state index in [4.69, 9.17) is 14.6 Å². The van der Waals surface area contributed by atoms with Crippen LogP contribution in [0, 0.1) is 3.57 Å². The van der Waals surface area contributed by atoms with Crippen LogP contribution in [0.3, 0.4) is 0 Å². The van der Waals surface area contributed by atoms with Gasteiger partial charge in [0.2, 0.25) is 0 Å². The molecule has 5 nitrogen and oxygen atoms in total. The standard InChI is InChI=1S/C17H17IO5/c1-2-22-15-8-12(9-19)7-14(18)16(15)23-10-11-4-3-5-13(6-11)17(20)21/h3-8,19H,2,9-10H2,1H3,(H,20,21). The molecule has 122 valence electrons. The Morgan fingerprint density at radius 2 is 1.96 bits per heavy atom. The zero-order chi connectivity index (χ0) is 16.8. The second kappa shape index (κ2) is 8.16. The molecule has 2 N–H and O–H groups in total. The van der Waals surface area contributed by atoms with E-state index in [1.54, 1.807) is 18.2 Å². The van der Waals surface area contributed by atoms with Gasteiger partial charge in [-0.05, 0) is 64.9 Å². The molecule has 0 saturated heterocycles. The summed E-state index contributed by atoms with van der Waals surface area (Å²) in [7, 11) is 0. The molecule has 0 atom stereocenters. The van der Waals surface area contributed by atoms with Crippen LogP contribution in [0.25, 0.3) is 0 Å². The highest BCUT2D eigenvalue weighted by atomic mass is 127. The fourth-order valence-electron chi connectivity index (χ4n) is 2.07. The molecule has 2 aromatic rings. The molecule has 0 fully saturated rings. The van der Waals surface area contributed by atoms with Crippen molar-refractivity contribution >= 4 is 28.6 Å². The Bertz CT molecular complexity index is 699. The van der Waals surface area contributed by atoms with E-state index >= 15 is 0 Å². The monoisotopic (exact) mass is 428 g/mol. The maximum absolute atomic E-state index is 11.0. The van der Waals surface area contributed by atoms with E-state index in [1.807, 2.05) is 19.1 Å². The first kappa shape index (κ1) is 17.6. The number of hydrogen-bond donors (Lipinski definition) is 2. The summed E-state index contributed by atoms with van der Waals surface area (Å²) in [5.74, 6) is 0.187. The Kier molecular flexibility index (Phi) is 6.23. The van der Waals surface area contributed by atoms with Gasteiger partial charge in [0.1, 0.15) is 6.61 Å². The third-order valence-corrected chi connectivity index (χ3v) is 3.91. The Labute approximate surface area is 148 Å². The summed E-state index contributed by atoms with van der Waals surface area (Å²) in [5.41, 5.74) is 1.73. The summed E-state index contributed by atoms with van der Waals surface area (Å²) in [4.78, 5) is 11.0. The van der Waals surface area contributed by atoms with Crippen molar-refractivity contribution in [1.29, 1.82) is 0 Å². The maximum atomic E-state index is 11.0. The van der Waals surface area contributed by atoms with Crippen molar-refractivity contribution in [1.82, 2.24) is 0 Å². The molecule has 23 heavy (non-hydrogen) atoms. The Balaban J connectivity index is 2.22. The Morgan fingerprint density at radius 3 is 2.61 bits per heavy atom. The number of carboxylic acid groups (broad SMARTS) is 1. The zero-order valence-electron chi connectivity index (χ0n) is 12.6. The molecule has 0 spiro atoms. The fourth-order valence-corrected chi connectivity index (χ4v) is 2.89. The summed E-state index contributed by atoms with van der Waals surface area (Å²) < 4.78 is 12.2. The fraction of sp³-hybridized carbons (Fsp3) is 0.235. The lowest BCUT2D eigenvalue weighted by Crippen LogP contribution is -2.04. The molecule has 0 aliphatic rings. The molecular formula is C17H17IO5. The minimum Gasteiger partial charge on any atom is -0.490 e. The van der Waals surface area contributed by atoms with E-state index in [9.17, 15) is 9.90 Å². The Hall–Kier alpha value is -1.80. The van der Waals surface area contributed by atoms with Gasteiger partial charge >= 0.3 is 5.97 Å². The molecule has 0 heterocycles. The molecule has 0 aliphatic heterocycles. The van der Waals surface area contributed by atoms with E-state index in [2.05, 4.69) is 22.6 Å². The van der Waals surface area contributed by atoms with E-state index < -0.39 is 5.97 Å². The van der Waals surface area contributed by atoms with Gasteiger partial charge in [-0.2, -0.15) is 0 Å². The molecule has 0 saturated carbocycles. The van der Waals surface area contributed by atoms with Gasteiger partial charge in [0, 0.05) is 0 Å². The van der Waals surface area contributed by atoms with E-state index in [1.165, 1.54) is 6.07 Å².